The van der Waals surface area contributed by atoms with Crippen LogP contribution in [0.3, 0.4) is 0 Å². The van der Waals surface area contributed by atoms with E-state index < -0.39 is 5.97 Å². The zero-order valence-corrected chi connectivity index (χ0v) is 11.1. The molecule has 0 unspecified atom stereocenters. The summed E-state index contributed by atoms with van der Waals surface area (Å²) in [7, 11) is 1.29. The van der Waals surface area contributed by atoms with Crippen molar-refractivity contribution in [3.8, 4) is 0 Å². The molecule has 0 amide bonds. The first-order chi connectivity index (χ1) is 7.44. The van der Waals surface area contributed by atoms with Crippen molar-refractivity contribution in [2.75, 3.05) is 7.11 Å². The summed E-state index contributed by atoms with van der Waals surface area (Å²) in [6, 6.07) is 0. The fourth-order valence-electron chi connectivity index (χ4n) is 0.759. The number of hydrogen-bond acceptors (Lipinski definition) is 3. The van der Waals surface area contributed by atoms with Crippen LogP contribution in [0.1, 0.15) is 27.2 Å². The van der Waals surface area contributed by atoms with Crippen LogP contribution >= 0.6 is 11.6 Å². The van der Waals surface area contributed by atoms with Crippen molar-refractivity contribution in [1.82, 2.24) is 0 Å². The van der Waals surface area contributed by atoms with E-state index in [-0.39, 0.29) is 16.3 Å². The van der Waals surface area contributed by atoms with Crippen molar-refractivity contribution in [3.63, 3.8) is 0 Å². The van der Waals surface area contributed by atoms with E-state index in [9.17, 15) is 4.79 Å². The molecule has 0 radical (unpaired) electrons. The Morgan fingerprint density at radius 3 is 2.19 bits per heavy atom. The van der Waals surface area contributed by atoms with E-state index in [2.05, 4.69) is 25.2 Å². The highest BCUT2D eigenvalue weighted by Gasteiger charge is 2.10. The molecule has 92 valence electrons. The molecule has 16 heavy (non-hydrogen) atoms. The molecule has 0 rings (SSSR count). The topological polar surface area (TPSA) is 52.3 Å². The fourth-order valence-corrected chi connectivity index (χ4v) is 0.876. The summed E-state index contributed by atoms with van der Waals surface area (Å²) in [6.45, 7) is 9.36. The summed E-state index contributed by atoms with van der Waals surface area (Å²) in [6.07, 6.45) is 4.20. The van der Waals surface area contributed by atoms with Gasteiger partial charge in [0, 0.05) is 10.7 Å². The Labute approximate surface area is 103 Å². The van der Waals surface area contributed by atoms with Gasteiger partial charge in [-0.15, -0.1) is 0 Å². The van der Waals surface area contributed by atoms with Gasteiger partial charge >= 0.3 is 5.97 Å². The summed E-state index contributed by atoms with van der Waals surface area (Å²) in [5.41, 5.74) is 6.08. The Kier molecular flexibility index (Phi) is 11.1. The molecule has 0 aromatic rings. The molecule has 0 aromatic carbocycles. The van der Waals surface area contributed by atoms with Gasteiger partial charge in [-0.2, -0.15) is 0 Å². The maximum atomic E-state index is 11.1. The van der Waals surface area contributed by atoms with E-state index in [1.54, 1.807) is 13.0 Å². The molecule has 0 aromatic heterocycles. The van der Waals surface area contributed by atoms with Crippen LogP contribution in [-0.4, -0.2) is 13.1 Å². The number of nitrogens with two attached hydrogens (primary N) is 1. The SMILES string of the molecule is C=C(Cl)/C=C(N)\C(=C/C)C(=O)OC.CCC. The van der Waals surface area contributed by atoms with E-state index in [0.29, 0.717) is 0 Å². The molecule has 0 heterocycles. The molecule has 0 saturated carbocycles. The van der Waals surface area contributed by atoms with Gasteiger partial charge < -0.3 is 10.5 Å². The Balaban J connectivity index is 0. The minimum Gasteiger partial charge on any atom is -0.465 e. The first-order valence-corrected chi connectivity index (χ1v) is 5.38. The summed E-state index contributed by atoms with van der Waals surface area (Å²) in [5.74, 6) is -0.492. The molecule has 0 fully saturated rings. The highest BCUT2D eigenvalue weighted by Crippen LogP contribution is 2.10. The maximum Gasteiger partial charge on any atom is 0.339 e. The molecule has 4 heteroatoms. The van der Waals surface area contributed by atoms with E-state index >= 15 is 0 Å². The van der Waals surface area contributed by atoms with Crippen molar-refractivity contribution < 1.29 is 9.53 Å². The molecule has 0 bridgehead atoms. The number of rotatable bonds is 3. The van der Waals surface area contributed by atoms with Crippen LogP contribution in [0, 0.1) is 0 Å². The first-order valence-electron chi connectivity index (χ1n) is 5.01. The van der Waals surface area contributed by atoms with Gasteiger partial charge in [0.25, 0.3) is 0 Å². The summed E-state index contributed by atoms with van der Waals surface area (Å²) < 4.78 is 4.51. The predicted molar refractivity (Wildman–Crippen MR) is 69.0 cm³/mol. The number of esters is 1. The van der Waals surface area contributed by atoms with Gasteiger partial charge in [-0.3, -0.25) is 0 Å². The Morgan fingerprint density at radius 2 is 1.94 bits per heavy atom. The smallest absolute Gasteiger partial charge is 0.339 e. The lowest BCUT2D eigenvalue weighted by atomic mass is 10.2. The van der Waals surface area contributed by atoms with E-state index in [4.69, 9.17) is 17.3 Å². The van der Waals surface area contributed by atoms with Crippen molar-refractivity contribution in [1.29, 1.82) is 0 Å². The third kappa shape index (κ3) is 8.12. The molecule has 0 saturated heterocycles. The average Bonchev–Trinajstić information content (AvgIpc) is 2.18. The lowest BCUT2D eigenvalue weighted by Gasteiger charge is -2.04. The molecule has 2 N–H and O–H groups in total. The zero-order valence-electron chi connectivity index (χ0n) is 10.3. The quantitative estimate of drug-likeness (QED) is 0.472. The van der Waals surface area contributed by atoms with Gasteiger partial charge in [-0.1, -0.05) is 44.5 Å². The van der Waals surface area contributed by atoms with Crippen LogP contribution in [0.5, 0.6) is 0 Å². The first kappa shape index (κ1) is 17.2. The largest absolute Gasteiger partial charge is 0.465 e. The van der Waals surface area contributed by atoms with Crippen LogP contribution in [0.4, 0.5) is 0 Å². The lowest BCUT2D eigenvalue weighted by molar-refractivity contribution is -0.135. The summed E-state index contributed by atoms with van der Waals surface area (Å²) in [4.78, 5) is 11.1. The number of hydrogen-bond donors (Lipinski definition) is 1. The van der Waals surface area contributed by atoms with E-state index in [1.165, 1.54) is 19.6 Å². The van der Waals surface area contributed by atoms with Crippen LogP contribution in [0.2, 0.25) is 0 Å². The summed E-state index contributed by atoms with van der Waals surface area (Å²) >= 11 is 5.49. The van der Waals surface area contributed by atoms with Gasteiger partial charge in [0.2, 0.25) is 0 Å². The second kappa shape index (κ2) is 10.3. The zero-order chi connectivity index (χ0) is 13.1. The van der Waals surface area contributed by atoms with Crippen molar-refractivity contribution in [2.24, 2.45) is 5.73 Å². The fraction of sp³-hybridized carbons (Fsp3) is 0.417. The van der Waals surface area contributed by atoms with Crippen molar-refractivity contribution in [2.45, 2.75) is 27.2 Å². The second-order valence-corrected chi connectivity index (χ2v) is 3.43. The minimum absolute atomic E-state index is 0.245. The molecule has 0 aliphatic carbocycles. The Morgan fingerprint density at radius 1 is 1.50 bits per heavy atom. The third-order valence-corrected chi connectivity index (χ3v) is 1.43. The van der Waals surface area contributed by atoms with Gasteiger partial charge in [-0.25, -0.2) is 4.79 Å². The third-order valence-electron chi connectivity index (χ3n) is 1.32. The second-order valence-electron chi connectivity index (χ2n) is 2.95. The Bertz CT molecular complexity index is 293. The van der Waals surface area contributed by atoms with Crippen molar-refractivity contribution >= 4 is 17.6 Å². The molecule has 0 spiro atoms. The average molecular weight is 246 g/mol. The van der Waals surface area contributed by atoms with E-state index in [1.807, 2.05) is 0 Å². The van der Waals surface area contributed by atoms with Gasteiger partial charge in [0.05, 0.1) is 12.7 Å². The maximum absolute atomic E-state index is 11.1. The standard InChI is InChI=1S/C9H12ClNO2.C3H8/c1-4-7(9(12)13-3)8(11)5-6(2)10;1-3-2/h4-5H,2,11H2,1,3H3;3H2,1-2H3/b7-4+,8-5+;. The van der Waals surface area contributed by atoms with E-state index in [0.717, 1.165) is 0 Å². The van der Waals surface area contributed by atoms with Gasteiger partial charge in [0.15, 0.2) is 0 Å². The normalized spacial score (nSPS) is 11.3. The number of ether oxygens (including phenoxy) is 1. The van der Waals surface area contributed by atoms with Crippen LogP contribution < -0.4 is 5.73 Å². The Hall–Kier alpha value is -1.22. The monoisotopic (exact) mass is 245 g/mol. The minimum atomic E-state index is -0.492. The molecular formula is C12H20ClNO2. The van der Waals surface area contributed by atoms with Crippen LogP contribution in [0.15, 0.2) is 35.0 Å². The van der Waals surface area contributed by atoms with Crippen molar-refractivity contribution in [3.05, 3.63) is 35.0 Å². The van der Waals surface area contributed by atoms with Crippen LogP contribution in [-0.2, 0) is 9.53 Å². The molecule has 0 aliphatic rings. The predicted octanol–water partition coefficient (Wildman–Crippen LogP) is 3.12. The van der Waals surface area contributed by atoms with Crippen LogP contribution in [0.25, 0.3) is 0 Å². The highest BCUT2D eigenvalue weighted by molar-refractivity contribution is 6.31. The number of carbonyl (C=O) groups is 1. The van der Waals surface area contributed by atoms with Gasteiger partial charge in [-0.05, 0) is 13.0 Å². The molecule has 3 nitrogen and oxygen atoms in total. The number of methoxy groups -OCH3 is 1. The summed E-state index contributed by atoms with van der Waals surface area (Å²) in [5, 5.41) is 0.265. The molecule has 0 atom stereocenters. The number of allylic oxidation sites excluding steroid dienone is 3. The number of halogens is 1. The lowest BCUT2D eigenvalue weighted by Crippen LogP contribution is -2.12. The molecule has 0 aliphatic heterocycles. The van der Waals surface area contributed by atoms with Gasteiger partial charge in [0.1, 0.15) is 0 Å². The number of carbonyl (C=O) groups excluding carboxylic acids is 1. The molecular weight excluding hydrogens is 226 g/mol. The highest BCUT2D eigenvalue weighted by atomic mass is 35.5.